The van der Waals surface area contributed by atoms with E-state index in [1.165, 1.54) is 225 Å². The van der Waals surface area contributed by atoms with Gasteiger partial charge in [-0.05, 0) is 83.5 Å². The second kappa shape index (κ2) is 61.9. The largest absolute Gasteiger partial charge is 0.462 e. The van der Waals surface area contributed by atoms with Gasteiger partial charge in [0.2, 0.25) is 0 Å². The molecule has 0 bridgehead atoms. The summed E-state index contributed by atoms with van der Waals surface area (Å²) in [6.07, 6.45) is 77.0. The van der Waals surface area contributed by atoms with Crippen LogP contribution in [0.4, 0.5) is 0 Å². The minimum Gasteiger partial charge on any atom is -0.462 e. The highest BCUT2D eigenvalue weighted by Gasteiger charge is 2.19. The number of esters is 3. The first-order valence-corrected chi connectivity index (χ1v) is 32.1. The number of hydrogen-bond donors (Lipinski definition) is 0. The number of hydrogen-bond acceptors (Lipinski definition) is 6. The highest BCUT2D eigenvalue weighted by molar-refractivity contribution is 5.71. The molecule has 0 heterocycles. The molecule has 0 saturated carbocycles. The third-order valence-electron chi connectivity index (χ3n) is 14.3. The smallest absolute Gasteiger partial charge is 0.306 e. The summed E-state index contributed by atoms with van der Waals surface area (Å²) >= 11 is 0. The molecule has 0 aliphatic carbocycles. The van der Waals surface area contributed by atoms with Gasteiger partial charge in [-0.3, -0.25) is 14.4 Å². The number of allylic oxidation sites excluding steroid dienone is 8. The first kappa shape index (κ1) is 70.4. The van der Waals surface area contributed by atoms with Crippen LogP contribution in [-0.2, 0) is 28.6 Å². The third-order valence-corrected chi connectivity index (χ3v) is 14.3. The molecule has 0 radical (unpaired) electrons. The van der Waals surface area contributed by atoms with Crippen LogP contribution in [0.15, 0.2) is 48.6 Å². The standard InChI is InChI=1S/C67H122O6/c1-4-7-10-13-16-19-22-24-26-28-30-31-32-33-34-35-36-37-38-40-41-43-45-48-51-54-57-60-66(69)72-63-64(62-71-65(68)59-56-53-50-47-21-18-15-12-9-6-3)73-67(70)61-58-55-52-49-46-44-42-39-29-27-25-23-20-17-14-11-8-5-2/h20,22-24,27-30,64H,4-19,21,25-26,31-63H2,1-3H3/b23-20-,24-22-,29-27-,30-28-. The summed E-state index contributed by atoms with van der Waals surface area (Å²) < 4.78 is 16.9. The van der Waals surface area contributed by atoms with Crippen LogP contribution in [0.3, 0.4) is 0 Å². The van der Waals surface area contributed by atoms with Crippen molar-refractivity contribution in [3.05, 3.63) is 48.6 Å². The molecule has 0 amide bonds. The number of ether oxygens (including phenoxy) is 3. The molecule has 6 nitrogen and oxygen atoms in total. The Kier molecular flexibility index (Phi) is 59.7. The van der Waals surface area contributed by atoms with E-state index >= 15 is 0 Å². The summed E-state index contributed by atoms with van der Waals surface area (Å²) in [6.45, 7) is 6.64. The molecule has 0 aliphatic rings. The number of rotatable bonds is 59. The van der Waals surface area contributed by atoms with Gasteiger partial charge >= 0.3 is 17.9 Å². The zero-order chi connectivity index (χ0) is 52.9. The summed E-state index contributed by atoms with van der Waals surface area (Å²) in [4.78, 5) is 38.2. The molecule has 0 rings (SSSR count). The van der Waals surface area contributed by atoms with Crippen LogP contribution in [0, 0.1) is 0 Å². The SMILES string of the molecule is CCCCCC/C=C\C/C=C\CCCCCCCCCC(=O)OC(COC(=O)CCCCCCCCCCCC)COC(=O)CCCCCCCCCCCCCCCCC/C=C\C/C=C\CCCCCCC. The van der Waals surface area contributed by atoms with E-state index in [1.807, 2.05) is 0 Å². The van der Waals surface area contributed by atoms with Crippen LogP contribution in [0.25, 0.3) is 0 Å². The molecule has 0 fully saturated rings. The summed E-state index contributed by atoms with van der Waals surface area (Å²) in [5, 5.41) is 0. The van der Waals surface area contributed by atoms with Gasteiger partial charge in [-0.2, -0.15) is 0 Å². The Hall–Kier alpha value is -2.63. The van der Waals surface area contributed by atoms with Crippen molar-refractivity contribution in [2.45, 2.75) is 348 Å². The predicted molar refractivity (Wildman–Crippen MR) is 316 cm³/mol. The average molecular weight is 1020 g/mol. The Morgan fingerprint density at radius 2 is 0.493 bits per heavy atom. The first-order valence-electron chi connectivity index (χ1n) is 32.1. The van der Waals surface area contributed by atoms with Gasteiger partial charge in [0, 0.05) is 19.3 Å². The minimum atomic E-state index is -0.774. The van der Waals surface area contributed by atoms with Crippen molar-refractivity contribution >= 4 is 17.9 Å². The predicted octanol–water partition coefficient (Wildman–Crippen LogP) is 21.8. The van der Waals surface area contributed by atoms with Crippen LogP contribution in [0.5, 0.6) is 0 Å². The lowest BCUT2D eigenvalue weighted by Gasteiger charge is -2.18. The molecule has 0 aromatic heterocycles. The van der Waals surface area contributed by atoms with Crippen molar-refractivity contribution < 1.29 is 28.6 Å². The zero-order valence-electron chi connectivity index (χ0n) is 48.9. The van der Waals surface area contributed by atoms with Gasteiger partial charge in [-0.1, -0.05) is 288 Å². The topological polar surface area (TPSA) is 78.9 Å². The average Bonchev–Trinajstić information content (AvgIpc) is 3.39. The molecule has 73 heavy (non-hydrogen) atoms. The highest BCUT2D eigenvalue weighted by Crippen LogP contribution is 2.17. The molecular weight excluding hydrogens is 901 g/mol. The summed E-state index contributed by atoms with van der Waals surface area (Å²) in [5.41, 5.74) is 0. The third kappa shape index (κ3) is 60.1. The van der Waals surface area contributed by atoms with Gasteiger partial charge in [0.1, 0.15) is 13.2 Å². The lowest BCUT2D eigenvalue weighted by atomic mass is 10.0. The molecule has 0 N–H and O–H groups in total. The maximum atomic E-state index is 12.9. The molecule has 426 valence electrons. The van der Waals surface area contributed by atoms with Crippen molar-refractivity contribution in [1.29, 1.82) is 0 Å². The second-order valence-corrected chi connectivity index (χ2v) is 21.7. The Morgan fingerprint density at radius 1 is 0.274 bits per heavy atom. The normalized spacial score (nSPS) is 12.3. The van der Waals surface area contributed by atoms with Crippen LogP contribution in [0.2, 0.25) is 0 Å². The van der Waals surface area contributed by atoms with E-state index < -0.39 is 6.10 Å². The monoisotopic (exact) mass is 1020 g/mol. The molecule has 0 spiro atoms. The van der Waals surface area contributed by atoms with Crippen LogP contribution in [0.1, 0.15) is 342 Å². The summed E-state index contributed by atoms with van der Waals surface area (Å²) in [7, 11) is 0. The van der Waals surface area contributed by atoms with Gasteiger partial charge in [0.25, 0.3) is 0 Å². The Balaban J connectivity index is 4.18. The second-order valence-electron chi connectivity index (χ2n) is 21.7. The van der Waals surface area contributed by atoms with Gasteiger partial charge in [0.15, 0.2) is 6.10 Å². The molecule has 6 heteroatoms. The summed E-state index contributed by atoms with van der Waals surface area (Å²) in [5.74, 6) is -0.863. The maximum Gasteiger partial charge on any atom is 0.306 e. The molecular formula is C67H122O6. The zero-order valence-corrected chi connectivity index (χ0v) is 48.9. The lowest BCUT2D eigenvalue weighted by Crippen LogP contribution is -2.30. The van der Waals surface area contributed by atoms with Crippen molar-refractivity contribution in [2.24, 2.45) is 0 Å². The highest BCUT2D eigenvalue weighted by atomic mass is 16.6. The van der Waals surface area contributed by atoms with Gasteiger partial charge < -0.3 is 14.2 Å². The molecule has 0 saturated heterocycles. The lowest BCUT2D eigenvalue weighted by molar-refractivity contribution is -0.167. The fraction of sp³-hybridized carbons (Fsp3) is 0.836. The van der Waals surface area contributed by atoms with Gasteiger partial charge in [-0.25, -0.2) is 0 Å². The Bertz CT molecular complexity index is 1270. The van der Waals surface area contributed by atoms with Crippen LogP contribution in [-0.4, -0.2) is 37.2 Å². The first-order chi connectivity index (χ1) is 36.0. The van der Waals surface area contributed by atoms with Gasteiger partial charge in [0.05, 0.1) is 0 Å². The number of carbonyl (C=O) groups is 3. The fourth-order valence-electron chi connectivity index (χ4n) is 9.45. The molecule has 0 aromatic rings. The fourth-order valence-corrected chi connectivity index (χ4v) is 9.45. The van der Waals surface area contributed by atoms with E-state index in [2.05, 4.69) is 69.4 Å². The minimum absolute atomic E-state index is 0.0725. The van der Waals surface area contributed by atoms with Crippen molar-refractivity contribution in [3.63, 3.8) is 0 Å². The Labute approximate surface area is 454 Å². The van der Waals surface area contributed by atoms with E-state index in [4.69, 9.17) is 14.2 Å². The Morgan fingerprint density at radius 3 is 0.767 bits per heavy atom. The molecule has 0 aliphatic heterocycles. The number of unbranched alkanes of at least 4 members (excludes halogenated alkanes) is 40. The van der Waals surface area contributed by atoms with E-state index in [0.717, 1.165) is 77.0 Å². The quantitative estimate of drug-likeness (QED) is 0.0261. The van der Waals surface area contributed by atoms with Crippen molar-refractivity contribution in [3.8, 4) is 0 Å². The van der Waals surface area contributed by atoms with E-state index in [0.29, 0.717) is 19.3 Å². The molecule has 1 atom stereocenters. The van der Waals surface area contributed by atoms with Crippen LogP contribution < -0.4 is 0 Å². The maximum absolute atomic E-state index is 12.9. The van der Waals surface area contributed by atoms with Crippen molar-refractivity contribution in [1.82, 2.24) is 0 Å². The molecule has 1 unspecified atom stereocenters. The van der Waals surface area contributed by atoms with E-state index in [1.54, 1.807) is 0 Å². The van der Waals surface area contributed by atoms with E-state index in [-0.39, 0.29) is 31.1 Å². The molecule has 0 aromatic carbocycles. The van der Waals surface area contributed by atoms with Crippen LogP contribution >= 0.6 is 0 Å². The van der Waals surface area contributed by atoms with Crippen molar-refractivity contribution in [2.75, 3.05) is 13.2 Å². The summed E-state index contributed by atoms with van der Waals surface area (Å²) in [6, 6.07) is 0. The van der Waals surface area contributed by atoms with Gasteiger partial charge in [-0.15, -0.1) is 0 Å². The number of carbonyl (C=O) groups excluding carboxylic acids is 3. The van der Waals surface area contributed by atoms with E-state index in [9.17, 15) is 14.4 Å².